The zero-order valence-electron chi connectivity index (χ0n) is 8.61. The highest BCUT2D eigenvalue weighted by Crippen LogP contribution is 2.24. The zero-order chi connectivity index (χ0) is 9.97. The van der Waals surface area contributed by atoms with Gasteiger partial charge < -0.3 is 11.1 Å². The van der Waals surface area contributed by atoms with Crippen molar-refractivity contribution in [2.24, 2.45) is 5.73 Å². The normalized spacial score (nSPS) is 32.9. The number of rotatable bonds is 1. The molecule has 1 saturated heterocycles. The second-order valence-corrected chi connectivity index (χ2v) is 4.26. The van der Waals surface area contributed by atoms with Crippen LogP contribution in [-0.4, -0.2) is 12.1 Å². The van der Waals surface area contributed by atoms with E-state index in [1.165, 1.54) is 5.56 Å². The molecule has 1 fully saturated rings. The summed E-state index contributed by atoms with van der Waals surface area (Å²) in [4.78, 5) is 0. The van der Waals surface area contributed by atoms with E-state index in [9.17, 15) is 0 Å². The Bertz CT molecular complexity index is 274. The van der Waals surface area contributed by atoms with Gasteiger partial charge in [0, 0.05) is 18.1 Å². The predicted octanol–water partition coefficient (Wildman–Crippen LogP) is 1.83. The summed E-state index contributed by atoms with van der Waals surface area (Å²) in [5.74, 6) is 0. The Morgan fingerprint density at radius 2 is 1.93 bits per heavy atom. The molecule has 0 saturated carbocycles. The minimum absolute atomic E-state index is 0.344. The minimum Gasteiger partial charge on any atom is -0.328 e. The molecule has 14 heavy (non-hydrogen) atoms. The van der Waals surface area contributed by atoms with Crippen molar-refractivity contribution >= 4 is 0 Å². The first-order chi connectivity index (χ1) is 6.75. The Hall–Kier alpha value is -0.860. The summed E-state index contributed by atoms with van der Waals surface area (Å²) in [6, 6.07) is 11.9. The smallest absolute Gasteiger partial charge is 0.0337 e. The average Bonchev–Trinajstić information content (AvgIpc) is 2.18. The number of nitrogens with two attached hydrogens (primary N) is 1. The van der Waals surface area contributed by atoms with Crippen LogP contribution in [0.15, 0.2) is 30.3 Å². The maximum Gasteiger partial charge on any atom is 0.0337 e. The van der Waals surface area contributed by atoms with Crippen LogP contribution in [0, 0.1) is 0 Å². The van der Waals surface area contributed by atoms with Crippen molar-refractivity contribution in [3.05, 3.63) is 35.9 Å². The summed E-state index contributed by atoms with van der Waals surface area (Å²) in [7, 11) is 0. The molecule has 1 aromatic carbocycles. The van der Waals surface area contributed by atoms with Crippen molar-refractivity contribution in [3.63, 3.8) is 0 Å². The van der Waals surface area contributed by atoms with E-state index >= 15 is 0 Å². The van der Waals surface area contributed by atoms with E-state index in [1.807, 2.05) is 0 Å². The maximum absolute atomic E-state index is 6.01. The van der Waals surface area contributed by atoms with Gasteiger partial charge in [0.1, 0.15) is 0 Å². The second kappa shape index (κ2) is 4.11. The van der Waals surface area contributed by atoms with E-state index in [0.717, 1.165) is 12.8 Å². The molecular formula is C12H18N2. The Labute approximate surface area is 85.5 Å². The lowest BCUT2D eigenvalue weighted by atomic mass is 9.91. The standard InChI is InChI=1S/C12H18N2/c1-9-7-11(13)8-12(14-9)10-5-3-2-4-6-10/h2-6,9,11-12,14H,7-8,13H2,1H3/t9-,11-,12-/m0/s1. The Morgan fingerprint density at radius 1 is 1.21 bits per heavy atom. The van der Waals surface area contributed by atoms with Crippen molar-refractivity contribution in [1.82, 2.24) is 5.32 Å². The van der Waals surface area contributed by atoms with E-state index in [0.29, 0.717) is 18.1 Å². The van der Waals surface area contributed by atoms with Crippen LogP contribution in [-0.2, 0) is 0 Å². The highest BCUT2D eigenvalue weighted by atomic mass is 15.0. The summed E-state index contributed by atoms with van der Waals surface area (Å²) in [5, 5.41) is 3.58. The van der Waals surface area contributed by atoms with E-state index in [4.69, 9.17) is 5.73 Å². The monoisotopic (exact) mass is 190 g/mol. The summed E-state index contributed by atoms with van der Waals surface area (Å²) >= 11 is 0. The first-order valence-electron chi connectivity index (χ1n) is 5.32. The Morgan fingerprint density at radius 3 is 2.57 bits per heavy atom. The van der Waals surface area contributed by atoms with Crippen molar-refractivity contribution in [1.29, 1.82) is 0 Å². The van der Waals surface area contributed by atoms with Crippen LogP contribution in [0.3, 0.4) is 0 Å². The maximum atomic E-state index is 6.01. The minimum atomic E-state index is 0.344. The first kappa shape index (κ1) is 9.69. The van der Waals surface area contributed by atoms with Gasteiger partial charge >= 0.3 is 0 Å². The second-order valence-electron chi connectivity index (χ2n) is 4.26. The molecule has 2 nitrogen and oxygen atoms in total. The van der Waals surface area contributed by atoms with Crippen LogP contribution >= 0.6 is 0 Å². The molecule has 0 bridgehead atoms. The molecule has 2 rings (SSSR count). The lowest BCUT2D eigenvalue weighted by Crippen LogP contribution is -2.44. The Kier molecular flexibility index (Phi) is 2.85. The molecule has 3 atom stereocenters. The fourth-order valence-corrected chi connectivity index (χ4v) is 2.25. The molecule has 76 valence electrons. The number of piperidine rings is 1. The topological polar surface area (TPSA) is 38.0 Å². The van der Waals surface area contributed by atoms with Gasteiger partial charge in [-0.25, -0.2) is 0 Å². The predicted molar refractivity (Wildman–Crippen MR) is 59.0 cm³/mol. The van der Waals surface area contributed by atoms with Crippen LogP contribution in [0.1, 0.15) is 31.4 Å². The number of hydrogen-bond acceptors (Lipinski definition) is 2. The van der Waals surface area contributed by atoms with E-state index < -0.39 is 0 Å². The van der Waals surface area contributed by atoms with E-state index in [2.05, 4.69) is 42.6 Å². The quantitative estimate of drug-likeness (QED) is 0.709. The summed E-state index contributed by atoms with van der Waals surface area (Å²) in [6.45, 7) is 2.20. The third-order valence-electron chi connectivity index (χ3n) is 2.88. The first-order valence-corrected chi connectivity index (χ1v) is 5.32. The molecule has 1 aliphatic heterocycles. The van der Waals surface area contributed by atoms with Gasteiger partial charge in [-0.2, -0.15) is 0 Å². The van der Waals surface area contributed by atoms with Crippen LogP contribution in [0.4, 0.5) is 0 Å². The highest BCUT2D eigenvalue weighted by molar-refractivity contribution is 5.20. The zero-order valence-corrected chi connectivity index (χ0v) is 8.61. The molecule has 0 amide bonds. The molecule has 0 unspecified atom stereocenters. The van der Waals surface area contributed by atoms with Crippen molar-refractivity contribution in [2.45, 2.75) is 37.9 Å². The molecule has 1 heterocycles. The van der Waals surface area contributed by atoms with Crippen LogP contribution in [0.2, 0.25) is 0 Å². The molecule has 0 aliphatic carbocycles. The van der Waals surface area contributed by atoms with Gasteiger partial charge in [0.05, 0.1) is 0 Å². The van der Waals surface area contributed by atoms with E-state index in [-0.39, 0.29) is 0 Å². The Balaban J connectivity index is 2.11. The van der Waals surface area contributed by atoms with Gasteiger partial charge in [0.15, 0.2) is 0 Å². The molecule has 1 aliphatic rings. The SMILES string of the molecule is C[C@H]1C[C@H](N)C[C@@H](c2ccccc2)N1. The average molecular weight is 190 g/mol. The molecule has 3 N–H and O–H groups in total. The number of benzene rings is 1. The summed E-state index contributed by atoms with van der Waals surface area (Å²) in [5.41, 5.74) is 7.37. The number of nitrogens with one attached hydrogen (secondary N) is 1. The lowest BCUT2D eigenvalue weighted by molar-refractivity contribution is 0.307. The van der Waals surface area contributed by atoms with Gasteiger partial charge in [0.25, 0.3) is 0 Å². The van der Waals surface area contributed by atoms with Crippen molar-refractivity contribution in [3.8, 4) is 0 Å². The van der Waals surface area contributed by atoms with Crippen LogP contribution < -0.4 is 11.1 Å². The third-order valence-corrected chi connectivity index (χ3v) is 2.88. The molecule has 1 aromatic rings. The van der Waals surface area contributed by atoms with Gasteiger partial charge in [-0.15, -0.1) is 0 Å². The molecule has 0 aromatic heterocycles. The number of hydrogen-bond donors (Lipinski definition) is 2. The van der Waals surface area contributed by atoms with Gasteiger partial charge in [-0.1, -0.05) is 30.3 Å². The largest absolute Gasteiger partial charge is 0.328 e. The molecular weight excluding hydrogens is 172 g/mol. The fourth-order valence-electron chi connectivity index (χ4n) is 2.25. The molecule has 2 heteroatoms. The molecule has 0 spiro atoms. The third kappa shape index (κ3) is 2.14. The highest BCUT2D eigenvalue weighted by Gasteiger charge is 2.23. The van der Waals surface area contributed by atoms with Gasteiger partial charge in [-0.05, 0) is 25.3 Å². The van der Waals surface area contributed by atoms with E-state index in [1.54, 1.807) is 0 Å². The van der Waals surface area contributed by atoms with Crippen LogP contribution in [0.5, 0.6) is 0 Å². The van der Waals surface area contributed by atoms with Crippen molar-refractivity contribution < 1.29 is 0 Å². The summed E-state index contributed by atoms with van der Waals surface area (Å²) in [6.07, 6.45) is 2.14. The lowest BCUT2D eigenvalue weighted by Gasteiger charge is -2.33. The fraction of sp³-hybridized carbons (Fsp3) is 0.500. The molecule has 0 radical (unpaired) electrons. The van der Waals surface area contributed by atoms with Gasteiger partial charge in [-0.3, -0.25) is 0 Å². The van der Waals surface area contributed by atoms with Gasteiger partial charge in [0.2, 0.25) is 0 Å². The summed E-state index contributed by atoms with van der Waals surface area (Å²) < 4.78 is 0. The van der Waals surface area contributed by atoms with Crippen molar-refractivity contribution in [2.75, 3.05) is 0 Å². The van der Waals surface area contributed by atoms with Crippen LogP contribution in [0.25, 0.3) is 0 Å².